The van der Waals surface area contributed by atoms with E-state index in [2.05, 4.69) is 50.0 Å². The molecule has 2 heterocycles. The third-order valence-electron chi connectivity index (χ3n) is 5.41. The van der Waals surface area contributed by atoms with E-state index >= 15 is 0 Å². The van der Waals surface area contributed by atoms with Gasteiger partial charge in [0.25, 0.3) is 0 Å². The van der Waals surface area contributed by atoms with Gasteiger partial charge in [0.2, 0.25) is 17.6 Å². The van der Waals surface area contributed by atoms with E-state index in [1.807, 2.05) is 29.2 Å². The van der Waals surface area contributed by atoms with Gasteiger partial charge in [0.05, 0.1) is 12.5 Å². The van der Waals surface area contributed by atoms with Crippen LogP contribution in [0.15, 0.2) is 40.9 Å². The molecule has 1 aliphatic heterocycles. The molecule has 1 atom stereocenters. The number of rotatable bonds is 6. The second kappa shape index (κ2) is 8.30. The van der Waals surface area contributed by atoms with Gasteiger partial charge in [-0.3, -0.25) is 4.79 Å². The maximum atomic E-state index is 12.8. The van der Waals surface area contributed by atoms with E-state index in [0.29, 0.717) is 31.3 Å². The summed E-state index contributed by atoms with van der Waals surface area (Å²) in [6, 6.07) is 11.9. The topological polar surface area (TPSA) is 68.5 Å². The first kappa shape index (κ1) is 20.1. The van der Waals surface area contributed by atoms with E-state index in [-0.39, 0.29) is 11.8 Å². The first-order chi connectivity index (χ1) is 14.5. The van der Waals surface area contributed by atoms with Crippen LogP contribution in [0.5, 0.6) is 5.75 Å². The van der Waals surface area contributed by atoms with Gasteiger partial charge >= 0.3 is 0 Å². The lowest BCUT2D eigenvalue weighted by molar-refractivity contribution is -0.117. The Labute approximate surface area is 176 Å². The minimum absolute atomic E-state index is 0.0900. The minimum atomic E-state index is -0.106. The fourth-order valence-electron chi connectivity index (χ4n) is 4.13. The molecule has 2 aromatic carbocycles. The molecule has 1 amide bonds. The van der Waals surface area contributed by atoms with Crippen molar-refractivity contribution in [3.63, 3.8) is 0 Å². The van der Waals surface area contributed by atoms with Gasteiger partial charge in [0.1, 0.15) is 5.75 Å². The van der Waals surface area contributed by atoms with E-state index in [4.69, 9.17) is 9.26 Å². The Hall–Kier alpha value is -3.15. The molecule has 0 aliphatic carbocycles. The number of anilines is 1. The molecule has 0 bridgehead atoms. The van der Waals surface area contributed by atoms with Crippen LogP contribution >= 0.6 is 0 Å². The molecular weight excluding hydrogens is 378 g/mol. The predicted octanol–water partition coefficient (Wildman–Crippen LogP) is 4.97. The number of benzene rings is 2. The van der Waals surface area contributed by atoms with Crippen LogP contribution in [0.3, 0.4) is 0 Å². The summed E-state index contributed by atoms with van der Waals surface area (Å²) in [7, 11) is 0. The molecule has 0 radical (unpaired) electrons. The predicted molar refractivity (Wildman–Crippen MR) is 116 cm³/mol. The summed E-state index contributed by atoms with van der Waals surface area (Å²) >= 11 is 0. The van der Waals surface area contributed by atoms with Gasteiger partial charge in [-0.2, -0.15) is 4.98 Å². The maximum Gasteiger partial charge on any atom is 0.232 e. The van der Waals surface area contributed by atoms with Crippen molar-refractivity contribution in [2.75, 3.05) is 18.1 Å². The highest BCUT2D eigenvalue weighted by Gasteiger charge is 2.36. The lowest BCUT2D eigenvalue weighted by Crippen LogP contribution is -2.26. The largest absolute Gasteiger partial charge is 0.494 e. The van der Waals surface area contributed by atoms with Gasteiger partial charge in [-0.1, -0.05) is 29.8 Å². The minimum Gasteiger partial charge on any atom is -0.494 e. The van der Waals surface area contributed by atoms with E-state index < -0.39 is 0 Å². The number of aromatic nitrogens is 2. The van der Waals surface area contributed by atoms with E-state index in [1.165, 1.54) is 5.56 Å². The van der Waals surface area contributed by atoms with Crippen molar-refractivity contribution in [1.82, 2.24) is 10.1 Å². The molecule has 1 saturated heterocycles. The van der Waals surface area contributed by atoms with Crippen LogP contribution in [0.2, 0.25) is 0 Å². The summed E-state index contributed by atoms with van der Waals surface area (Å²) < 4.78 is 11.2. The standard InChI is InChI=1S/C24H27N3O3/c1-5-10-29-20-8-6-18(7-9-20)23-25-24(30-26-23)19-13-21(28)27(14-19)22-16(3)11-15(2)12-17(22)4/h6-9,11-12,19H,5,10,13-14H2,1-4H3. The van der Waals surface area contributed by atoms with Crippen LogP contribution in [0.25, 0.3) is 11.4 Å². The van der Waals surface area contributed by atoms with Crippen molar-refractivity contribution in [3.8, 4) is 17.1 Å². The zero-order valence-electron chi connectivity index (χ0n) is 17.9. The Kier molecular flexibility index (Phi) is 5.57. The van der Waals surface area contributed by atoms with Crippen molar-refractivity contribution in [3.05, 3.63) is 59.0 Å². The number of amides is 1. The quantitative estimate of drug-likeness (QED) is 0.579. The molecule has 1 aromatic heterocycles. The average Bonchev–Trinajstić information content (AvgIpc) is 3.34. The summed E-state index contributed by atoms with van der Waals surface area (Å²) in [6.07, 6.45) is 1.34. The monoisotopic (exact) mass is 405 g/mol. The highest BCUT2D eigenvalue weighted by atomic mass is 16.5. The molecule has 0 N–H and O–H groups in total. The second-order valence-electron chi connectivity index (χ2n) is 7.98. The number of hydrogen-bond donors (Lipinski definition) is 0. The van der Waals surface area contributed by atoms with Crippen molar-refractivity contribution in [2.45, 2.75) is 46.5 Å². The van der Waals surface area contributed by atoms with Crippen molar-refractivity contribution in [1.29, 1.82) is 0 Å². The van der Waals surface area contributed by atoms with Gasteiger partial charge in [-0.05, 0) is 62.6 Å². The SMILES string of the molecule is CCCOc1ccc(-c2noc(C3CC(=O)N(c4c(C)cc(C)cc4C)C3)n2)cc1. The molecule has 3 aromatic rings. The molecule has 6 nitrogen and oxygen atoms in total. The molecule has 30 heavy (non-hydrogen) atoms. The van der Waals surface area contributed by atoms with Gasteiger partial charge in [0.15, 0.2) is 0 Å². The zero-order chi connectivity index (χ0) is 21.3. The van der Waals surface area contributed by atoms with Crippen LogP contribution in [0, 0.1) is 20.8 Å². The van der Waals surface area contributed by atoms with Crippen LogP contribution in [0.4, 0.5) is 5.69 Å². The zero-order valence-corrected chi connectivity index (χ0v) is 17.9. The summed E-state index contributed by atoms with van der Waals surface area (Å²) in [5.41, 5.74) is 5.27. The molecule has 156 valence electrons. The summed E-state index contributed by atoms with van der Waals surface area (Å²) in [5, 5.41) is 4.14. The summed E-state index contributed by atoms with van der Waals surface area (Å²) in [5.74, 6) is 1.85. The maximum absolute atomic E-state index is 12.8. The Bertz CT molecular complexity index is 1030. The smallest absolute Gasteiger partial charge is 0.232 e. The Morgan fingerprint density at radius 2 is 1.83 bits per heavy atom. The third-order valence-corrected chi connectivity index (χ3v) is 5.41. The fraction of sp³-hybridized carbons (Fsp3) is 0.375. The Morgan fingerprint density at radius 1 is 1.13 bits per heavy atom. The summed E-state index contributed by atoms with van der Waals surface area (Å²) in [6.45, 7) is 9.49. The lowest BCUT2D eigenvalue weighted by atomic mass is 10.0. The first-order valence-corrected chi connectivity index (χ1v) is 10.4. The van der Waals surface area contributed by atoms with E-state index in [1.54, 1.807) is 0 Å². The molecule has 1 unspecified atom stereocenters. The number of ether oxygens (including phenoxy) is 1. The van der Waals surface area contributed by atoms with Gasteiger partial charge in [-0.15, -0.1) is 0 Å². The number of carbonyl (C=O) groups is 1. The molecule has 0 spiro atoms. The highest BCUT2D eigenvalue weighted by molar-refractivity contribution is 5.97. The number of nitrogens with zero attached hydrogens (tertiary/aromatic N) is 3. The fourth-order valence-corrected chi connectivity index (χ4v) is 4.13. The molecule has 0 saturated carbocycles. The summed E-state index contributed by atoms with van der Waals surface area (Å²) in [4.78, 5) is 19.2. The Balaban J connectivity index is 1.51. The van der Waals surface area contributed by atoms with Crippen LogP contribution in [0.1, 0.15) is 48.3 Å². The first-order valence-electron chi connectivity index (χ1n) is 10.4. The number of aryl methyl sites for hydroxylation is 3. The second-order valence-corrected chi connectivity index (χ2v) is 7.98. The third kappa shape index (κ3) is 3.95. The number of hydrogen-bond acceptors (Lipinski definition) is 5. The average molecular weight is 405 g/mol. The van der Waals surface area contributed by atoms with Gasteiger partial charge in [-0.25, -0.2) is 0 Å². The molecule has 1 aliphatic rings. The van der Waals surface area contributed by atoms with E-state index in [9.17, 15) is 4.79 Å². The highest BCUT2D eigenvalue weighted by Crippen LogP contribution is 2.35. The van der Waals surface area contributed by atoms with Crippen molar-refractivity contribution in [2.24, 2.45) is 0 Å². The van der Waals surface area contributed by atoms with Crippen LogP contribution in [-0.4, -0.2) is 29.2 Å². The number of carbonyl (C=O) groups excluding carboxylic acids is 1. The molecular formula is C24H27N3O3. The molecule has 1 fully saturated rings. The van der Waals surface area contributed by atoms with Crippen molar-refractivity contribution < 1.29 is 14.1 Å². The van der Waals surface area contributed by atoms with Crippen molar-refractivity contribution >= 4 is 11.6 Å². The van der Waals surface area contributed by atoms with Gasteiger partial charge < -0.3 is 14.2 Å². The normalized spacial score (nSPS) is 16.3. The molecule has 6 heteroatoms. The Morgan fingerprint density at radius 3 is 2.50 bits per heavy atom. The van der Waals surface area contributed by atoms with E-state index in [0.717, 1.165) is 34.5 Å². The lowest BCUT2D eigenvalue weighted by Gasteiger charge is -2.21. The van der Waals surface area contributed by atoms with Gasteiger partial charge in [0, 0.05) is 24.2 Å². The van der Waals surface area contributed by atoms with Crippen LogP contribution < -0.4 is 9.64 Å². The molecule has 4 rings (SSSR count). The van der Waals surface area contributed by atoms with Crippen LogP contribution in [-0.2, 0) is 4.79 Å².